The number of alkyl halides is 3. The van der Waals surface area contributed by atoms with Crippen LogP contribution in [0.4, 0.5) is 13.2 Å². The molecule has 0 bridgehead atoms. The molecule has 0 fully saturated rings. The molecule has 1 unspecified atom stereocenters. The molecule has 148 valence electrons. The minimum atomic E-state index is -4.82. The first-order valence-corrected chi connectivity index (χ1v) is 9.61. The zero-order valence-electron chi connectivity index (χ0n) is 14.1. The summed E-state index contributed by atoms with van der Waals surface area (Å²) in [5.74, 6) is -1.17. The highest BCUT2D eigenvalue weighted by molar-refractivity contribution is 14.1. The van der Waals surface area contributed by atoms with Gasteiger partial charge in [-0.3, -0.25) is 0 Å². The largest absolute Gasteiger partial charge is 0.478 e. The molecule has 2 aromatic rings. The molecule has 4 nitrogen and oxygen atoms in total. The average molecular weight is 544 g/mol. The second kappa shape index (κ2) is 7.38. The fraction of sp³-hybridized carbons (Fsp3) is 0.222. The lowest BCUT2D eigenvalue weighted by molar-refractivity contribution is -0.275. The highest BCUT2D eigenvalue weighted by Crippen LogP contribution is 2.50. The van der Waals surface area contributed by atoms with Gasteiger partial charge in [-0.2, -0.15) is 13.2 Å². The molecule has 1 heterocycles. The summed E-state index contributed by atoms with van der Waals surface area (Å²) in [7, 11) is 0. The summed E-state index contributed by atoms with van der Waals surface area (Å²) in [4.78, 5) is 16.5. The van der Waals surface area contributed by atoms with Crippen molar-refractivity contribution in [1.82, 2.24) is 0 Å². The maximum Gasteiger partial charge on any atom is 0.435 e. The van der Waals surface area contributed by atoms with E-state index in [9.17, 15) is 23.1 Å². The van der Waals surface area contributed by atoms with Gasteiger partial charge in [-0.25, -0.2) is 4.79 Å². The number of carbonyl (C=O) groups is 1. The molecule has 1 N–H and O–H groups in total. The van der Waals surface area contributed by atoms with Crippen LogP contribution in [0.1, 0.15) is 33.5 Å². The number of hydrogen-bond donors (Lipinski definition) is 1. The molecule has 0 saturated heterocycles. The summed E-state index contributed by atoms with van der Waals surface area (Å²) in [6.07, 6.45) is -5.47. The number of carboxylic acids is 1. The molecule has 1 aliphatic heterocycles. The first kappa shape index (κ1) is 21.2. The van der Waals surface area contributed by atoms with Crippen molar-refractivity contribution in [3.63, 3.8) is 0 Å². The molecule has 3 rings (SSSR count). The Morgan fingerprint density at radius 2 is 1.86 bits per heavy atom. The summed E-state index contributed by atoms with van der Waals surface area (Å²) in [5.41, 5.74) is -2.30. The third-order valence-corrected chi connectivity index (χ3v) is 5.95. The number of hydrogen-bond acceptors (Lipinski definition) is 3. The van der Waals surface area contributed by atoms with Crippen LogP contribution in [-0.2, 0) is 10.4 Å². The van der Waals surface area contributed by atoms with Gasteiger partial charge in [0.05, 0.1) is 17.7 Å². The maximum absolute atomic E-state index is 14.0. The quantitative estimate of drug-likeness (QED) is 0.470. The summed E-state index contributed by atoms with van der Waals surface area (Å²) >= 11 is 13.6. The van der Waals surface area contributed by atoms with E-state index >= 15 is 0 Å². The van der Waals surface area contributed by atoms with E-state index in [1.165, 1.54) is 18.2 Å². The van der Waals surface area contributed by atoms with Crippen molar-refractivity contribution in [2.24, 2.45) is 5.16 Å². The molecule has 0 amide bonds. The summed E-state index contributed by atoms with van der Waals surface area (Å²) < 4.78 is 42.4. The standard InChI is InChI=1S/C18H11Cl2F3INO3/c1-8-2-3-12(15(24)14(8)16(26)27)13-7-17(28-25-13,18(21,22)23)9-4-10(19)6-11(20)5-9/h2-6H,7H2,1H3,(H,26,27). The van der Waals surface area contributed by atoms with Crippen molar-refractivity contribution in [2.45, 2.75) is 25.1 Å². The molecule has 10 heteroatoms. The summed E-state index contributed by atoms with van der Waals surface area (Å²) in [5, 5.41) is 13.1. The van der Waals surface area contributed by atoms with Gasteiger partial charge in [0, 0.05) is 24.7 Å². The smallest absolute Gasteiger partial charge is 0.435 e. The van der Waals surface area contributed by atoms with E-state index < -0.39 is 24.2 Å². The number of oxime groups is 1. The van der Waals surface area contributed by atoms with Crippen LogP contribution >= 0.6 is 45.8 Å². The van der Waals surface area contributed by atoms with Gasteiger partial charge in [0.25, 0.3) is 5.60 Å². The predicted octanol–water partition coefficient (Wildman–Crippen LogP) is 6.19. The number of benzene rings is 2. The van der Waals surface area contributed by atoms with Gasteiger partial charge in [0.1, 0.15) is 0 Å². The van der Waals surface area contributed by atoms with Gasteiger partial charge in [-0.15, -0.1) is 0 Å². The zero-order valence-corrected chi connectivity index (χ0v) is 17.7. The van der Waals surface area contributed by atoms with E-state index in [2.05, 4.69) is 5.16 Å². The number of carboxylic acid groups (broad SMARTS) is 1. The van der Waals surface area contributed by atoms with E-state index in [4.69, 9.17) is 28.0 Å². The van der Waals surface area contributed by atoms with E-state index in [0.29, 0.717) is 5.56 Å². The van der Waals surface area contributed by atoms with Gasteiger partial charge >= 0.3 is 12.1 Å². The van der Waals surface area contributed by atoms with Crippen molar-refractivity contribution in [3.8, 4) is 0 Å². The lowest BCUT2D eigenvalue weighted by atomic mass is 9.86. The van der Waals surface area contributed by atoms with Gasteiger partial charge in [0.15, 0.2) is 0 Å². The Balaban J connectivity index is 2.10. The minimum Gasteiger partial charge on any atom is -0.478 e. The average Bonchev–Trinajstić information content (AvgIpc) is 3.00. The van der Waals surface area contributed by atoms with E-state index in [1.54, 1.807) is 29.5 Å². The second-order valence-electron chi connectivity index (χ2n) is 6.21. The summed E-state index contributed by atoms with van der Waals surface area (Å²) in [6, 6.07) is 6.62. The van der Waals surface area contributed by atoms with Crippen LogP contribution in [-0.4, -0.2) is 23.0 Å². The Hall–Kier alpha value is -1.52. The molecule has 1 aliphatic rings. The maximum atomic E-state index is 14.0. The normalized spacial score (nSPS) is 19.3. The van der Waals surface area contributed by atoms with E-state index in [1.807, 2.05) is 0 Å². The Bertz CT molecular complexity index is 990. The lowest BCUT2D eigenvalue weighted by Gasteiger charge is -2.29. The van der Waals surface area contributed by atoms with Gasteiger partial charge < -0.3 is 9.94 Å². The molecule has 0 radical (unpaired) electrons. The number of aryl methyl sites for hydroxylation is 1. The molecule has 0 aromatic heterocycles. The topological polar surface area (TPSA) is 58.9 Å². The Kier molecular flexibility index (Phi) is 5.59. The highest BCUT2D eigenvalue weighted by atomic mass is 127. The van der Waals surface area contributed by atoms with Crippen molar-refractivity contribution < 1.29 is 27.9 Å². The Morgan fingerprint density at radius 3 is 2.39 bits per heavy atom. The zero-order chi connectivity index (χ0) is 20.9. The fourth-order valence-electron chi connectivity index (χ4n) is 2.99. The van der Waals surface area contributed by atoms with Crippen LogP contribution in [0, 0.1) is 10.5 Å². The van der Waals surface area contributed by atoms with Crippen molar-refractivity contribution >= 4 is 57.5 Å². The first-order valence-electron chi connectivity index (χ1n) is 7.77. The molecule has 0 aliphatic carbocycles. The van der Waals surface area contributed by atoms with Crippen LogP contribution in [0.2, 0.25) is 10.0 Å². The lowest BCUT2D eigenvalue weighted by Crippen LogP contribution is -2.42. The van der Waals surface area contributed by atoms with Gasteiger partial charge in [-0.05, 0) is 53.3 Å². The SMILES string of the molecule is Cc1ccc(C2=NOC(c3cc(Cl)cc(Cl)c3)(C(F)(F)F)C2)c(I)c1C(=O)O. The molecule has 1 atom stereocenters. The van der Waals surface area contributed by atoms with Crippen LogP contribution < -0.4 is 0 Å². The van der Waals surface area contributed by atoms with Crippen LogP contribution in [0.15, 0.2) is 35.5 Å². The third kappa shape index (κ3) is 3.57. The third-order valence-electron chi connectivity index (χ3n) is 4.39. The summed E-state index contributed by atoms with van der Waals surface area (Å²) in [6.45, 7) is 1.61. The van der Waals surface area contributed by atoms with Crippen molar-refractivity contribution in [1.29, 1.82) is 0 Å². The molecule has 0 saturated carbocycles. The second-order valence-corrected chi connectivity index (χ2v) is 8.16. The fourth-order valence-corrected chi connectivity index (χ4v) is 4.67. The molecule has 0 spiro atoms. The number of halogens is 6. The monoisotopic (exact) mass is 543 g/mol. The highest BCUT2D eigenvalue weighted by Gasteiger charge is 2.62. The molecule has 2 aromatic carbocycles. The van der Waals surface area contributed by atoms with Crippen LogP contribution in [0.25, 0.3) is 0 Å². The van der Waals surface area contributed by atoms with Gasteiger partial charge in [0.2, 0.25) is 0 Å². The predicted molar refractivity (Wildman–Crippen MR) is 107 cm³/mol. The van der Waals surface area contributed by atoms with Crippen LogP contribution in [0.5, 0.6) is 0 Å². The number of nitrogens with zero attached hydrogens (tertiary/aromatic N) is 1. The minimum absolute atomic E-state index is 0.0103. The van der Waals surface area contributed by atoms with Crippen LogP contribution in [0.3, 0.4) is 0 Å². The van der Waals surface area contributed by atoms with E-state index in [-0.39, 0.29) is 36.0 Å². The number of aromatic carboxylic acids is 1. The Morgan fingerprint density at radius 1 is 1.25 bits per heavy atom. The molecule has 28 heavy (non-hydrogen) atoms. The van der Waals surface area contributed by atoms with Crippen molar-refractivity contribution in [3.05, 3.63) is 66.2 Å². The number of rotatable bonds is 3. The first-order chi connectivity index (χ1) is 13.0. The molecular formula is C18H11Cl2F3INO3. The van der Waals surface area contributed by atoms with Crippen molar-refractivity contribution in [2.75, 3.05) is 0 Å². The molecular weight excluding hydrogens is 533 g/mol. The van der Waals surface area contributed by atoms with Gasteiger partial charge in [-0.1, -0.05) is 40.5 Å². The van der Waals surface area contributed by atoms with E-state index in [0.717, 1.165) is 12.1 Å². The Labute approximate surface area is 181 Å².